The van der Waals surface area contributed by atoms with Crippen LogP contribution in [0.25, 0.3) is 33.1 Å². The van der Waals surface area contributed by atoms with Gasteiger partial charge in [0, 0.05) is 23.2 Å². The molecule has 26 heavy (non-hydrogen) atoms. The van der Waals surface area contributed by atoms with Crippen molar-refractivity contribution < 1.29 is 19.4 Å². The standard InChI is InChI=1S/C20H14N2O4/c1-11(23)26-20(25)13-7-8-16-14(10-13)18(19(24)22-16)17-9-6-12-4-2-3-5-15(12)21-17/h2-10,22,24H,1H3. The number of ether oxygens (including phenoxy) is 1. The number of carbonyl (C=O) groups is 2. The Kier molecular flexibility index (Phi) is 3.65. The molecule has 0 spiro atoms. The highest BCUT2D eigenvalue weighted by molar-refractivity contribution is 6.04. The van der Waals surface area contributed by atoms with Gasteiger partial charge >= 0.3 is 11.9 Å². The van der Waals surface area contributed by atoms with Gasteiger partial charge in [-0.1, -0.05) is 24.3 Å². The van der Waals surface area contributed by atoms with E-state index in [1.54, 1.807) is 12.1 Å². The first-order valence-electron chi connectivity index (χ1n) is 7.96. The van der Waals surface area contributed by atoms with Crippen LogP contribution in [0.3, 0.4) is 0 Å². The molecule has 0 aliphatic rings. The van der Waals surface area contributed by atoms with E-state index in [0.29, 0.717) is 22.2 Å². The average molecular weight is 346 g/mol. The molecule has 0 fully saturated rings. The van der Waals surface area contributed by atoms with Crippen LogP contribution in [-0.4, -0.2) is 27.0 Å². The summed E-state index contributed by atoms with van der Waals surface area (Å²) < 4.78 is 4.63. The number of aromatic nitrogens is 2. The number of hydrogen-bond donors (Lipinski definition) is 2. The van der Waals surface area contributed by atoms with Crippen molar-refractivity contribution in [3.8, 4) is 17.1 Å². The van der Waals surface area contributed by atoms with Gasteiger partial charge in [0.15, 0.2) is 5.88 Å². The predicted octanol–water partition coefficient (Wildman–Crippen LogP) is 3.79. The second kappa shape index (κ2) is 6.00. The molecule has 2 aromatic carbocycles. The molecule has 0 atom stereocenters. The normalized spacial score (nSPS) is 11.0. The van der Waals surface area contributed by atoms with E-state index in [0.717, 1.165) is 10.9 Å². The van der Waals surface area contributed by atoms with Crippen molar-refractivity contribution in [1.29, 1.82) is 0 Å². The monoisotopic (exact) mass is 346 g/mol. The number of esters is 2. The summed E-state index contributed by atoms with van der Waals surface area (Å²) in [6.45, 7) is 1.17. The van der Waals surface area contributed by atoms with Gasteiger partial charge < -0.3 is 14.8 Å². The highest BCUT2D eigenvalue weighted by atomic mass is 16.6. The number of aromatic amines is 1. The number of nitrogens with one attached hydrogen (secondary N) is 1. The van der Waals surface area contributed by atoms with Gasteiger partial charge in [-0.25, -0.2) is 9.78 Å². The molecule has 4 rings (SSSR count). The average Bonchev–Trinajstić information content (AvgIpc) is 2.95. The Bertz CT molecular complexity index is 1180. The molecule has 0 unspecified atom stereocenters. The first kappa shape index (κ1) is 15.8. The molecule has 4 aromatic rings. The molecular weight excluding hydrogens is 332 g/mol. The summed E-state index contributed by atoms with van der Waals surface area (Å²) >= 11 is 0. The summed E-state index contributed by atoms with van der Waals surface area (Å²) in [6.07, 6.45) is 0. The summed E-state index contributed by atoms with van der Waals surface area (Å²) in [5.41, 5.74) is 2.72. The minimum atomic E-state index is -0.738. The van der Waals surface area contributed by atoms with Gasteiger partial charge in [-0.05, 0) is 30.3 Å². The van der Waals surface area contributed by atoms with Crippen LogP contribution in [0.4, 0.5) is 0 Å². The van der Waals surface area contributed by atoms with E-state index in [9.17, 15) is 14.7 Å². The lowest BCUT2D eigenvalue weighted by Crippen LogP contribution is -2.08. The Labute approximate surface area is 148 Å². The minimum absolute atomic E-state index is 0.0418. The highest BCUT2D eigenvalue weighted by Gasteiger charge is 2.18. The lowest BCUT2D eigenvalue weighted by Gasteiger charge is -2.04. The van der Waals surface area contributed by atoms with Crippen molar-refractivity contribution in [2.24, 2.45) is 0 Å². The number of benzene rings is 2. The number of para-hydroxylation sites is 1. The van der Waals surface area contributed by atoms with E-state index in [1.807, 2.05) is 36.4 Å². The first-order valence-corrected chi connectivity index (χ1v) is 7.96. The van der Waals surface area contributed by atoms with E-state index in [-0.39, 0.29) is 11.4 Å². The van der Waals surface area contributed by atoms with Crippen LogP contribution in [0, 0.1) is 0 Å². The third kappa shape index (κ3) is 2.67. The van der Waals surface area contributed by atoms with E-state index < -0.39 is 11.9 Å². The highest BCUT2D eigenvalue weighted by Crippen LogP contribution is 2.36. The van der Waals surface area contributed by atoms with Crippen LogP contribution in [0.15, 0.2) is 54.6 Å². The van der Waals surface area contributed by atoms with Crippen LogP contribution >= 0.6 is 0 Å². The Morgan fingerprint density at radius 1 is 1.08 bits per heavy atom. The number of pyridine rings is 1. The fourth-order valence-electron chi connectivity index (χ4n) is 2.96. The molecular formula is C20H14N2O4. The fourth-order valence-corrected chi connectivity index (χ4v) is 2.96. The maximum absolute atomic E-state index is 12.0. The summed E-state index contributed by atoms with van der Waals surface area (Å²) in [4.78, 5) is 30.5. The molecule has 0 saturated carbocycles. The second-order valence-corrected chi connectivity index (χ2v) is 5.88. The van der Waals surface area contributed by atoms with Crippen molar-refractivity contribution in [2.45, 2.75) is 6.92 Å². The Balaban J connectivity index is 1.88. The van der Waals surface area contributed by atoms with Gasteiger partial charge in [-0.2, -0.15) is 0 Å². The van der Waals surface area contributed by atoms with Crippen LogP contribution in [0.5, 0.6) is 5.88 Å². The molecule has 0 amide bonds. The quantitative estimate of drug-likeness (QED) is 0.425. The molecule has 0 aliphatic heterocycles. The summed E-state index contributed by atoms with van der Waals surface area (Å²) in [5.74, 6) is -1.46. The number of aromatic hydroxyl groups is 1. The van der Waals surface area contributed by atoms with Crippen molar-refractivity contribution in [2.75, 3.05) is 0 Å². The van der Waals surface area contributed by atoms with Gasteiger partial charge in [0.05, 0.1) is 22.3 Å². The Morgan fingerprint density at radius 3 is 2.69 bits per heavy atom. The topological polar surface area (TPSA) is 92.3 Å². The second-order valence-electron chi connectivity index (χ2n) is 5.88. The zero-order valence-corrected chi connectivity index (χ0v) is 13.8. The molecule has 128 valence electrons. The summed E-state index contributed by atoms with van der Waals surface area (Å²) in [5, 5.41) is 12.0. The Hall–Kier alpha value is -3.67. The zero-order chi connectivity index (χ0) is 18.3. The summed E-state index contributed by atoms with van der Waals surface area (Å²) in [7, 11) is 0. The predicted molar refractivity (Wildman–Crippen MR) is 96.8 cm³/mol. The molecule has 2 heterocycles. The van der Waals surface area contributed by atoms with Crippen molar-refractivity contribution >= 4 is 33.7 Å². The maximum atomic E-state index is 12.0. The van der Waals surface area contributed by atoms with Crippen LogP contribution < -0.4 is 0 Å². The smallest absolute Gasteiger partial charge is 0.345 e. The van der Waals surface area contributed by atoms with Crippen LogP contribution in [0.1, 0.15) is 17.3 Å². The molecule has 0 aliphatic carbocycles. The maximum Gasteiger partial charge on any atom is 0.345 e. The van der Waals surface area contributed by atoms with Crippen molar-refractivity contribution in [1.82, 2.24) is 9.97 Å². The van der Waals surface area contributed by atoms with Gasteiger partial charge in [-0.3, -0.25) is 4.79 Å². The molecule has 0 radical (unpaired) electrons. The fraction of sp³-hybridized carbons (Fsp3) is 0.0500. The van der Waals surface area contributed by atoms with Crippen LogP contribution in [0.2, 0.25) is 0 Å². The van der Waals surface area contributed by atoms with E-state index in [4.69, 9.17) is 0 Å². The number of hydrogen-bond acceptors (Lipinski definition) is 5. The number of fused-ring (bicyclic) bond motifs is 2. The van der Waals surface area contributed by atoms with E-state index >= 15 is 0 Å². The number of nitrogens with zero attached hydrogens (tertiary/aromatic N) is 1. The van der Waals surface area contributed by atoms with Gasteiger partial charge in [0.1, 0.15) is 0 Å². The molecule has 6 heteroatoms. The molecule has 6 nitrogen and oxygen atoms in total. The zero-order valence-electron chi connectivity index (χ0n) is 13.8. The van der Waals surface area contributed by atoms with Crippen molar-refractivity contribution in [3.63, 3.8) is 0 Å². The number of carbonyl (C=O) groups excluding carboxylic acids is 2. The molecule has 0 saturated heterocycles. The number of rotatable bonds is 2. The van der Waals surface area contributed by atoms with Gasteiger partial charge in [-0.15, -0.1) is 0 Å². The van der Waals surface area contributed by atoms with E-state index in [2.05, 4.69) is 14.7 Å². The molecule has 2 N–H and O–H groups in total. The largest absolute Gasteiger partial charge is 0.494 e. The Morgan fingerprint density at radius 2 is 1.88 bits per heavy atom. The molecule has 2 aromatic heterocycles. The summed E-state index contributed by atoms with van der Waals surface area (Å²) in [6, 6.07) is 16.1. The molecule has 0 bridgehead atoms. The van der Waals surface area contributed by atoms with Gasteiger partial charge in [0.2, 0.25) is 0 Å². The minimum Gasteiger partial charge on any atom is -0.494 e. The third-order valence-electron chi connectivity index (χ3n) is 4.11. The van der Waals surface area contributed by atoms with Crippen LogP contribution in [-0.2, 0) is 9.53 Å². The SMILES string of the molecule is CC(=O)OC(=O)c1ccc2[nH]c(O)c(-c3ccc4ccccc4n3)c2c1. The third-order valence-corrected chi connectivity index (χ3v) is 4.11. The number of H-pyrrole nitrogens is 1. The van der Waals surface area contributed by atoms with E-state index in [1.165, 1.54) is 13.0 Å². The lowest BCUT2D eigenvalue weighted by molar-refractivity contribution is -0.135. The lowest BCUT2D eigenvalue weighted by atomic mass is 10.1. The first-order chi connectivity index (χ1) is 12.5. The van der Waals surface area contributed by atoms with Gasteiger partial charge in [0.25, 0.3) is 0 Å². The van der Waals surface area contributed by atoms with Crippen molar-refractivity contribution in [3.05, 3.63) is 60.2 Å².